The van der Waals surface area contributed by atoms with Crippen molar-refractivity contribution >= 4 is 46.2 Å². The molecule has 0 aliphatic rings. The van der Waals surface area contributed by atoms with Gasteiger partial charge in [-0.15, -0.1) is 0 Å². The lowest BCUT2D eigenvalue weighted by atomic mass is 10.1. The summed E-state index contributed by atoms with van der Waals surface area (Å²) in [6.45, 7) is 10.1. The first-order valence-corrected chi connectivity index (χ1v) is 16.1. The molecule has 0 fully saturated rings. The monoisotopic (exact) mass is 712 g/mol. The Labute approximate surface area is 285 Å². The molecular weight excluding hydrogens is 677 g/mol. The maximum atomic E-state index is 12.7. The van der Waals surface area contributed by atoms with Crippen LogP contribution in [0.4, 0.5) is 23.7 Å². The van der Waals surface area contributed by atoms with Crippen molar-refractivity contribution in [3.05, 3.63) is 98.6 Å². The van der Waals surface area contributed by atoms with Crippen LogP contribution in [0.1, 0.15) is 56.1 Å². The summed E-state index contributed by atoms with van der Waals surface area (Å²) in [5.41, 5.74) is -0.963. The molecule has 10 nitrogen and oxygen atoms in total. The highest BCUT2D eigenvalue weighted by atomic mass is 35.5. The number of hydrogen-bond donors (Lipinski definition) is 0. The van der Waals surface area contributed by atoms with Gasteiger partial charge in [0, 0.05) is 30.5 Å². The molecule has 3 aromatic rings. The van der Waals surface area contributed by atoms with Crippen molar-refractivity contribution in [2.24, 2.45) is 5.92 Å². The summed E-state index contributed by atoms with van der Waals surface area (Å²) in [6.07, 6.45) is -4.61. The Balaban J connectivity index is 0.000000379. The lowest BCUT2D eigenvalue weighted by molar-refractivity contribution is -0.385. The van der Waals surface area contributed by atoms with E-state index in [1.54, 1.807) is 0 Å². The van der Waals surface area contributed by atoms with Gasteiger partial charge in [-0.3, -0.25) is 14.9 Å². The summed E-state index contributed by atoms with van der Waals surface area (Å²) in [5.74, 6) is -1.11. The zero-order chi connectivity index (χ0) is 36.0. The van der Waals surface area contributed by atoms with Crippen molar-refractivity contribution in [3.8, 4) is 11.5 Å². The zero-order valence-electron chi connectivity index (χ0n) is 26.9. The van der Waals surface area contributed by atoms with E-state index in [-0.39, 0.29) is 28.4 Å². The molecule has 0 aliphatic carbocycles. The highest BCUT2D eigenvalue weighted by Crippen LogP contribution is 2.37. The smallest absolute Gasteiger partial charge is 0.416 e. The lowest BCUT2D eigenvalue weighted by Gasteiger charge is -2.30. The summed E-state index contributed by atoms with van der Waals surface area (Å²) < 4.78 is 52.8. The number of ether oxygens (including phenoxy) is 3. The van der Waals surface area contributed by atoms with Crippen molar-refractivity contribution in [2.75, 3.05) is 19.8 Å². The molecule has 48 heavy (non-hydrogen) atoms. The second kappa shape index (κ2) is 18.9. The molecular formula is C33H36ClF3N2O8S. The van der Waals surface area contributed by atoms with E-state index in [0.717, 1.165) is 42.6 Å². The van der Waals surface area contributed by atoms with Crippen LogP contribution in [0.15, 0.2) is 66.7 Å². The predicted molar refractivity (Wildman–Crippen MR) is 176 cm³/mol. The normalized spacial score (nSPS) is 11.5. The van der Waals surface area contributed by atoms with Crippen LogP contribution in [0.25, 0.3) is 0 Å². The number of nitro groups is 1. The van der Waals surface area contributed by atoms with Gasteiger partial charge in [0.2, 0.25) is 0 Å². The van der Waals surface area contributed by atoms with Gasteiger partial charge in [0.1, 0.15) is 17.1 Å². The van der Waals surface area contributed by atoms with Gasteiger partial charge in [0.15, 0.2) is 6.61 Å². The molecule has 0 bridgehead atoms. The van der Waals surface area contributed by atoms with Gasteiger partial charge in [-0.2, -0.15) is 13.2 Å². The first-order valence-electron chi connectivity index (χ1n) is 14.7. The predicted octanol–water partition coefficient (Wildman–Crippen LogP) is 9.19. The summed E-state index contributed by atoms with van der Waals surface area (Å²) in [4.78, 5) is 47.9. The largest absolute Gasteiger partial charge is 0.463 e. The molecule has 0 spiro atoms. The molecule has 260 valence electrons. The van der Waals surface area contributed by atoms with Crippen LogP contribution in [0, 0.1) is 16.0 Å². The fraction of sp³-hybridized carbons (Fsp3) is 0.364. The number of carbonyl (C=O) groups is 3. The summed E-state index contributed by atoms with van der Waals surface area (Å²) in [5, 5.41) is 11.0. The third-order valence-corrected chi connectivity index (χ3v) is 7.99. The van der Waals surface area contributed by atoms with Gasteiger partial charge < -0.3 is 19.1 Å². The molecule has 0 aliphatic heterocycles. The number of benzene rings is 3. The molecule has 15 heteroatoms. The topological polar surface area (TPSA) is 125 Å². The average molecular weight is 713 g/mol. The Bertz CT molecular complexity index is 1560. The number of nitrogens with zero attached hydrogens (tertiary/aromatic N) is 2. The SMILES string of the molecule is CCN(C(=O)SCc1ccccc1)C(C)C(C)C.CCOC(=O)COC(=O)c1cc(Oc2ccc(C(F)(F)F)cc2Cl)ccc1[N+](=O)[O-]. The molecule has 0 N–H and O–H groups in total. The standard InChI is InChI=1S/C18H13ClF3NO7.C15H23NOS/c1-2-28-16(24)9-29-17(25)12-8-11(4-5-14(12)23(26)27)30-15-6-3-10(7-13(15)19)18(20,21)22;1-5-16(13(4)12(2)3)15(17)18-11-14-9-7-6-8-10-14/h3-8H,2,9H2,1H3;6-10,12-13H,5,11H2,1-4H3. The number of halogens is 4. The van der Waals surface area contributed by atoms with Crippen molar-refractivity contribution in [1.29, 1.82) is 0 Å². The highest BCUT2D eigenvalue weighted by molar-refractivity contribution is 8.12. The molecule has 1 amide bonds. The molecule has 0 saturated carbocycles. The third-order valence-electron chi connectivity index (χ3n) is 6.73. The molecule has 1 unspecified atom stereocenters. The Morgan fingerprint density at radius 3 is 2.19 bits per heavy atom. The van der Waals surface area contributed by atoms with E-state index < -0.39 is 46.5 Å². The fourth-order valence-electron chi connectivity index (χ4n) is 3.94. The number of carbonyl (C=O) groups excluding carboxylic acids is 3. The molecule has 3 aromatic carbocycles. The van der Waals surface area contributed by atoms with E-state index in [2.05, 4.69) is 37.6 Å². The van der Waals surface area contributed by atoms with Gasteiger partial charge in [-0.05, 0) is 56.5 Å². The Kier molecular flexibility index (Phi) is 15.7. The number of nitro benzene ring substituents is 1. The van der Waals surface area contributed by atoms with Crippen molar-refractivity contribution in [3.63, 3.8) is 0 Å². The fourth-order valence-corrected chi connectivity index (χ4v) is 5.10. The number of amides is 1. The molecule has 0 radical (unpaired) electrons. The van der Waals surface area contributed by atoms with E-state index in [9.17, 15) is 37.7 Å². The van der Waals surface area contributed by atoms with E-state index in [1.807, 2.05) is 30.0 Å². The molecule has 3 rings (SSSR count). The quantitative estimate of drug-likeness (QED) is 0.103. The van der Waals surface area contributed by atoms with Gasteiger partial charge in [-0.25, -0.2) is 9.59 Å². The van der Waals surface area contributed by atoms with Gasteiger partial charge in [0.05, 0.1) is 22.1 Å². The Morgan fingerprint density at radius 1 is 0.979 bits per heavy atom. The first-order chi connectivity index (χ1) is 22.6. The number of esters is 2. The number of rotatable bonds is 12. The van der Waals surface area contributed by atoms with E-state index >= 15 is 0 Å². The van der Waals surface area contributed by atoms with Crippen molar-refractivity contribution in [1.82, 2.24) is 4.90 Å². The maximum absolute atomic E-state index is 12.7. The van der Waals surface area contributed by atoms with Gasteiger partial charge in [0.25, 0.3) is 10.9 Å². The number of hydrogen-bond acceptors (Lipinski definition) is 9. The molecule has 0 saturated heterocycles. The van der Waals surface area contributed by atoms with Crippen molar-refractivity contribution in [2.45, 2.75) is 52.6 Å². The lowest BCUT2D eigenvalue weighted by Crippen LogP contribution is -2.39. The minimum absolute atomic E-state index is 0.0493. The molecule has 0 heterocycles. The van der Waals surface area contributed by atoms with Gasteiger partial charge in [-0.1, -0.05) is 67.5 Å². The Morgan fingerprint density at radius 2 is 1.65 bits per heavy atom. The second-order valence-corrected chi connectivity index (χ2v) is 11.7. The van der Waals surface area contributed by atoms with Crippen LogP contribution in [0.2, 0.25) is 5.02 Å². The van der Waals surface area contributed by atoms with Crippen LogP contribution < -0.4 is 4.74 Å². The van der Waals surface area contributed by atoms with Crippen LogP contribution in [-0.4, -0.2) is 52.8 Å². The van der Waals surface area contributed by atoms with Crippen LogP contribution >= 0.6 is 23.4 Å². The summed E-state index contributed by atoms with van der Waals surface area (Å²) in [6, 6.07) is 15.8. The van der Waals surface area contributed by atoms with Crippen LogP contribution in [0.3, 0.4) is 0 Å². The summed E-state index contributed by atoms with van der Waals surface area (Å²) in [7, 11) is 0. The third kappa shape index (κ3) is 12.4. The number of thioether (sulfide) groups is 1. The van der Waals surface area contributed by atoms with Crippen LogP contribution in [-0.2, 0) is 26.2 Å². The Hall–Kier alpha value is -4.30. The van der Waals surface area contributed by atoms with E-state index in [0.29, 0.717) is 18.0 Å². The maximum Gasteiger partial charge on any atom is 0.416 e. The van der Waals surface area contributed by atoms with Crippen LogP contribution in [0.5, 0.6) is 11.5 Å². The van der Waals surface area contributed by atoms with E-state index in [4.69, 9.17) is 21.1 Å². The number of alkyl halides is 3. The minimum atomic E-state index is -4.61. The second-order valence-electron chi connectivity index (χ2n) is 10.4. The van der Waals surface area contributed by atoms with Gasteiger partial charge >= 0.3 is 18.1 Å². The van der Waals surface area contributed by atoms with Crippen molar-refractivity contribution < 1.29 is 46.7 Å². The molecule has 1 atom stereocenters. The first kappa shape index (κ1) is 39.9. The van der Waals surface area contributed by atoms with E-state index in [1.165, 1.54) is 24.2 Å². The average Bonchev–Trinajstić information content (AvgIpc) is 3.04. The minimum Gasteiger partial charge on any atom is -0.463 e. The summed E-state index contributed by atoms with van der Waals surface area (Å²) >= 11 is 7.20. The highest BCUT2D eigenvalue weighted by Gasteiger charge is 2.31. The zero-order valence-corrected chi connectivity index (χ0v) is 28.5. The molecule has 0 aromatic heterocycles.